The lowest BCUT2D eigenvalue weighted by Gasteiger charge is -2.37. The van der Waals surface area contributed by atoms with Gasteiger partial charge < -0.3 is 9.64 Å². The summed E-state index contributed by atoms with van der Waals surface area (Å²) in [4.78, 5) is 26.2. The minimum atomic E-state index is -0.0103. The second-order valence-corrected chi connectivity index (χ2v) is 7.88. The molecule has 0 aliphatic carbocycles. The molecule has 1 saturated heterocycles. The number of thiazole rings is 1. The molecule has 1 amide bonds. The van der Waals surface area contributed by atoms with Crippen LogP contribution in [0.4, 0.5) is 0 Å². The van der Waals surface area contributed by atoms with Crippen LogP contribution in [0.25, 0.3) is 10.2 Å². The fraction of sp³-hybridized carbons (Fsp3) is 0.381. The van der Waals surface area contributed by atoms with Gasteiger partial charge in [0.25, 0.3) is 5.91 Å². The molecule has 146 valence electrons. The van der Waals surface area contributed by atoms with Crippen LogP contribution in [0.5, 0.6) is 5.88 Å². The van der Waals surface area contributed by atoms with Gasteiger partial charge in [0.15, 0.2) is 0 Å². The smallest absolute Gasteiger partial charge is 0.259 e. The van der Waals surface area contributed by atoms with Crippen molar-refractivity contribution in [3.8, 4) is 5.88 Å². The van der Waals surface area contributed by atoms with E-state index in [-0.39, 0.29) is 11.9 Å². The third-order valence-corrected chi connectivity index (χ3v) is 6.31. The predicted molar refractivity (Wildman–Crippen MR) is 111 cm³/mol. The molecular formula is C21H24N4O2S. The predicted octanol–water partition coefficient (Wildman–Crippen LogP) is 3.61. The van der Waals surface area contributed by atoms with Gasteiger partial charge >= 0.3 is 0 Å². The van der Waals surface area contributed by atoms with Gasteiger partial charge in [-0.25, -0.2) is 9.97 Å². The van der Waals surface area contributed by atoms with Gasteiger partial charge in [-0.05, 0) is 38.1 Å². The van der Waals surface area contributed by atoms with Crippen molar-refractivity contribution < 1.29 is 9.53 Å². The highest BCUT2D eigenvalue weighted by Crippen LogP contribution is 2.30. The first-order chi connectivity index (χ1) is 13.7. The van der Waals surface area contributed by atoms with Crippen molar-refractivity contribution in [3.05, 3.63) is 53.2 Å². The number of pyridine rings is 1. The number of hydrogen-bond donors (Lipinski definition) is 0. The Hall–Kier alpha value is -2.51. The Balaban J connectivity index is 1.42. The van der Waals surface area contributed by atoms with Crippen LogP contribution in [-0.2, 0) is 0 Å². The number of ether oxygens (including phenoxy) is 1. The number of fused-ring (bicyclic) bond motifs is 1. The third-order valence-electron chi connectivity index (χ3n) is 5.10. The summed E-state index contributed by atoms with van der Waals surface area (Å²) < 4.78 is 6.74. The summed E-state index contributed by atoms with van der Waals surface area (Å²) in [5.41, 5.74) is 1.60. The molecule has 1 aliphatic heterocycles. The van der Waals surface area contributed by atoms with E-state index in [9.17, 15) is 4.79 Å². The molecule has 0 unspecified atom stereocenters. The molecule has 28 heavy (non-hydrogen) atoms. The molecule has 0 bridgehead atoms. The van der Waals surface area contributed by atoms with Crippen molar-refractivity contribution in [3.63, 3.8) is 0 Å². The van der Waals surface area contributed by atoms with Gasteiger partial charge in [0, 0.05) is 32.4 Å². The standard InChI is InChI=1S/C21H24N4O2S/c1-3-27-19-16(7-6-10-22-19)21(26)25-13-11-24(12-14-25)15(2)20-23-17-8-4-5-9-18(17)28-20/h4-10,15H,3,11-14H2,1-2H3/t15-/m1/s1. The largest absolute Gasteiger partial charge is 0.477 e. The van der Waals surface area contributed by atoms with Gasteiger partial charge in [-0.1, -0.05) is 12.1 Å². The zero-order valence-corrected chi connectivity index (χ0v) is 17.0. The molecule has 0 saturated carbocycles. The number of carbonyl (C=O) groups excluding carboxylic acids is 1. The maximum atomic E-state index is 12.9. The van der Waals surface area contributed by atoms with Crippen LogP contribution in [0.15, 0.2) is 42.6 Å². The van der Waals surface area contributed by atoms with Gasteiger partial charge in [-0.15, -0.1) is 11.3 Å². The van der Waals surface area contributed by atoms with E-state index in [1.54, 1.807) is 29.7 Å². The molecule has 7 heteroatoms. The minimum Gasteiger partial charge on any atom is -0.477 e. The number of nitrogens with zero attached hydrogens (tertiary/aromatic N) is 4. The first-order valence-corrected chi connectivity index (χ1v) is 10.5. The van der Waals surface area contributed by atoms with Gasteiger partial charge in [-0.3, -0.25) is 9.69 Å². The molecule has 2 aromatic heterocycles. The number of rotatable bonds is 5. The molecule has 1 fully saturated rings. The van der Waals surface area contributed by atoms with Crippen molar-refractivity contribution in [1.82, 2.24) is 19.8 Å². The fourth-order valence-corrected chi connectivity index (χ4v) is 4.57. The summed E-state index contributed by atoms with van der Waals surface area (Å²) in [7, 11) is 0. The second kappa shape index (κ2) is 8.24. The highest BCUT2D eigenvalue weighted by Gasteiger charge is 2.28. The molecule has 1 atom stereocenters. The monoisotopic (exact) mass is 396 g/mol. The summed E-state index contributed by atoms with van der Waals surface area (Å²) >= 11 is 1.75. The molecule has 0 N–H and O–H groups in total. The first-order valence-electron chi connectivity index (χ1n) is 9.64. The molecule has 3 aromatic rings. The third kappa shape index (κ3) is 3.72. The van der Waals surface area contributed by atoms with E-state index in [1.165, 1.54) is 4.70 Å². The number of piperazine rings is 1. The number of para-hydroxylation sites is 1. The molecule has 0 radical (unpaired) electrons. The molecule has 4 rings (SSSR count). The number of benzene rings is 1. The van der Waals surface area contributed by atoms with Crippen LogP contribution in [0, 0.1) is 0 Å². The number of hydrogen-bond acceptors (Lipinski definition) is 6. The Morgan fingerprint density at radius 1 is 1.18 bits per heavy atom. The maximum Gasteiger partial charge on any atom is 0.259 e. The Morgan fingerprint density at radius 3 is 2.71 bits per heavy atom. The van der Waals surface area contributed by atoms with Crippen molar-refractivity contribution in [2.24, 2.45) is 0 Å². The Bertz CT molecular complexity index is 933. The highest BCUT2D eigenvalue weighted by atomic mass is 32.1. The minimum absolute atomic E-state index is 0.0103. The van der Waals surface area contributed by atoms with Crippen LogP contribution in [-0.4, -0.2) is 58.5 Å². The van der Waals surface area contributed by atoms with Crippen LogP contribution < -0.4 is 4.74 Å². The van der Waals surface area contributed by atoms with E-state index in [0.29, 0.717) is 31.1 Å². The van der Waals surface area contributed by atoms with E-state index in [4.69, 9.17) is 9.72 Å². The zero-order chi connectivity index (χ0) is 19.5. The van der Waals surface area contributed by atoms with E-state index in [1.807, 2.05) is 24.0 Å². The van der Waals surface area contributed by atoms with Gasteiger partial charge in [0.2, 0.25) is 5.88 Å². The van der Waals surface area contributed by atoms with Gasteiger partial charge in [-0.2, -0.15) is 0 Å². The quantitative estimate of drug-likeness (QED) is 0.659. The van der Waals surface area contributed by atoms with E-state index in [0.717, 1.165) is 23.6 Å². The molecule has 1 aliphatic rings. The number of aromatic nitrogens is 2. The molecule has 6 nitrogen and oxygen atoms in total. The van der Waals surface area contributed by atoms with Gasteiger partial charge in [0.05, 0.1) is 22.9 Å². The normalized spacial score (nSPS) is 16.3. The SMILES string of the molecule is CCOc1ncccc1C(=O)N1CCN([C@H](C)c2nc3ccccc3s2)CC1. The maximum absolute atomic E-state index is 12.9. The van der Waals surface area contributed by atoms with Crippen LogP contribution in [0.3, 0.4) is 0 Å². The van der Waals surface area contributed by atoms with Crippen LogP contribution >= 0.6 is 11.3 Å². The van der Waals surface area contributed by atoms with Crippen LogP contribution in [0.2, 0.25) is 0 Å². The lowest BCUT2D eigenvalue weighted by molar-refractivity contribution is 0.0577. The van der Waals surface area contributed by atoms with Crippen molar-refractivity contribution in [1.29, 1.82) is 0 Å². The Morgan fingerprint density at radius 2 is 1.96 bits per heavy atom. The number of amides is 1. The van der Waals surface area contributed by atoms with E-state index < -0.39 is 0 Å². The average Bonchev–Trinajstić information content (AvgIpc) is 3.18. The van der Waals surface area contributed by atoms with Crippen LogP contribution in [0.1, 0.15) is 35.3 Å². The lowest BCUT2D eigenvalue weighted by atomic mass is 10.2. The number of carbonyl (C=O) groups is 1. The van der Waals surface area contributed by atoms with E-state index in [2.05, 4.69) is 28.9 Å². The Kier molecular flexibility index (Phi) is 5.54. The fourth-order valence-electron chi connectivity index (χ4n) is 3.51. The summed E-state index contributed by atoms with van der Waals surface area (Å²) in [6.45, 7) is 7.61. The van der Waals surface area contributed by atoms with Gasteiger partial charge in [0.1, 0.15) is 10.6 Å². The summed E-state index contributed by atoms with van der Waals surface area (Å²) in [5, 5.41) is 1.13. The molecule has 3 heterocycles. The average molecular weight is 397 g/mol. The van der Waals surface area contributed by atoms with E-state index >= 15 is 0 Å². The van der Waals surface area contributed by atoms with Crippen molar-refractivity contribution >= 4 is 27.5 Å². The Labute approximate surface area is 168 Å². The van der Waals surface area contributed by atoms with Crippen molar-refractivity contribution in [2.75, 3.05) is 32.8 Å². The summed E-state index contributed by atoms with van der Waals surface area (Å²) in [6.07, 6.45) is 1.65. The highest BCUT2D eigenvalue weighted by molar-refractivity contribution is 7.18. The summed E-state index contributed by atoms with van der Waals surface area (Å²) in [6, 6.07) is 12.1. The lowest BCUT2D eigenvalue weighted by Crippen LogP contribution is -2.49. The first kappa shape index (κ1) is 18.8. The molecule has 0 spiro atoms. The van der Waals surface area contributed by atoms with Crippen molar-refractivity contribution in [2.45, 2.75) is 19.9 Å². The zero-order valence-electron chi connectivity index (χ0n) is 16.2. The summed E-state index contributed by atoms with van der Waals surface area (Å²) in [5.74, 6) is 0.407. The molecular weight excluding hydrogens is 372 g/mol. The molecule has 1 aromatic carbocycles. The topological polar surface area (TPSA) is 58.6 Å². The second-order valence-electron chi connectivity index (χ2n) is 6.81.